The van der Waals surface area contributed by atoms with Crippen LogP contribution in [-0.4, -0.2) is 30.0 Å². The Bertz CT molecular complexity index is 407. The number of nitrogens with zero attached hydrogens (tertiary/aromatic N) is 1. The van der Waals surface area contributed by atoms with Crippen molar-refractivity contribution in [2.24, 2.45) is 5.73 Å². The molecule has 0 saturated heterocycles. The number of para-hydroxylation sites is 1. The van der Waals surface area contributed by atoms with E-state index in [2.05, 4.69) is 0 Å². The highest BCUT2D eigenvalue weighted by Crippen LogP contribution is 2.20. The molecule has 3 nitrogen and oxygen atoms in total. The average molecular weight is 280 g/mol. The van der Waals surface area contributed by atoms with E-state index in [4.69, 9.17) is 5.73 Å². The number of carbonyl (C=O) groups is 1. The van der Waals surface area contributed by atoms with Gasteiger partial charge in [0.1, 0.15) is 0 Å². The fraction of sp³-hybridized carbons (Fsp3) is 0.533. The van der Waals surface area contributed by atoms with Gasteiger partial charge in [-0.25, -0.2) is 0 Å². The summed E-state index contributed by atoms with van der Waals surface area (Å²) in [7, 11) is 0. The summed E-state index contributed by atoms with van der Waals surface area (Å²) < 4.78 is 0. The SMILES string of the molecule is CCN(C(=O)CSCCC(C)N)c1ccccc1C. The van der Waals surface area contributed by atoms with Gasteiger partial charge in [-0.1, -0.05) is 18.2 Å². The molecule has 1 rings (SSSR count). The Morgan fingerprint density at radius 3 is 2.68 bits per heavy atom. The smallest absolute Gasteiger partial charge is 0.236 e. The van der Waals surface area contributed by atoms with Crippen LogP contribution in [0.4, 0.5) is 5.69 Å². The minimum atomic E-state index is 0.173. The van der Waals surface area contributed by atoms with E-state index >= 15 is 0 Å². The number of benzene rings is 1. The van der Waals surface area contributed by atoms with Crippen LogP contribution in [0.15, 0.2) is 24.3 Å². The lowest BCUT2D eigenvalue weighted by molar-refractivity contribution is -0.116. The number of hydrogen-bond donors (Lipinski definition) is 1. The molecule has 0 spiro atoms. The molecule has 0 aromatic heterocycles. The van der Waals surface area contributed by atoms with Crippen LogP contribution in [0.2, 0.25) is 0 Å². The standard InChI is InChI=1S/C15H24N2OS/c1-4-17(14-8-6-5-7-12(14)2)15(18)11-19-10-9-13(3)16/h5-8,13H,4,9-11,16H2,1-3H3. The Balaban J connectivity index is 2.55. The van der Waals surface area contributed by atoms with E-state index in [1.165, 1.54) is 0 Å². The van der Waals surface area contributed by atoms with E-state index in [9.17, 15) is 4.79 Å². The lowest BCUT2D eigenvalue weighted by Crippen LogP contribution is -2.32. The van der Waals surface area contributed by atoms with Crippen molar-refractivity contribution in [1.82, 2.24) is 0 Å². The van der Waals surface area contributed by atoms with Gasteiger partial charge in [0, 0.05) is 18.3 Å². The van der Waals surface area contributed by atoms with Crippen molar-refractivity contribution in [3.63, 3.8) is 0 Å². The van der Waals surface area contributed by atoms with Gasteiger partial charge in [-0.15, -0.1) is 0 Å². The Morgan fingerprint density at radius 2 is 2.11 bits per heavy atom. The van der Waals surface area contributed by atoms with Crippen molar-refractivity contribution in [3.05, 3.63) is 29.8 Å². The second-order valence-corrected chi connectivity index (χ2v) is 5.85. The van der Waals surface area contributed by atoms with Crippen LogP contribution in [0.1, 0.15) is 25.8 Å². The monoisotopic (exact) mass is 280 g/mol. The van der Waals surface area contributed by atoms with Gasteiger partial charge in [0.15, 0.2) is 0 Å². The number of carbonyl (C=O) groups excluding carboxylic acids is 1. The van der Waals surface area contributed by atoms with E-state index in [1.54, 1.807) is 11.8 Å². The summed E-state index contributed by atoms with van der Waals surface area (Å²) in [6, 6.07) is 8.22. The molecule has 2 N–H and O–H groups in total. The molecule has 19 heavy (non-hydrogen) atoms. The molecule has 0 fully saturated rings. The van der Waals surface area contributed by atoms with Gasteiger partial charge in [-0.2, -0.15) is 11.8 Å². The molecular formula is C15H24N2OS. The Hall–Kier alpha value is -1.00. The Kier molecular flexibility index (Phi) is 6.95. The maximum absolute atomic E-state index is 12.2. The van der Waals surface area contributed by atoms with Crippen molar-refractivity contribution in [2.45, 2.75) is 33.2 Å². The molecular weight excluding hydrogens is 256 g/mol. The number of anilines is 1. The third kappa shape index (κ3) is 5.25. The lowest BCUT2D eigenvalue weighted by atomic mass is 10.2. The molecule has 0 aliphatic heterocycles. The summed E-state index contributed by atoms with van der Waals surface area (Å²) in [4.78, 5) is 14.1. The van der Waals surface area contributed by atoms with Crippen molar-refractivity contribution in [3.8, 4) is 0 Å². The highest BCUT2D eigenvalue weighted by Gasteiger charge is 2.15. The predicted molar refractivity (Wildman–Crippen MR) is 84.8 cm³/mol. The summed E-state index contributed by atoms with van der Waals surface area (Å²) in [5.41, 5.74) is 7.85. The third-order valence-corrected chi connectivity index (χ3v) is 3.94. The molecule has 4 heteroatoms. The molecule has 0 aliphatic rings. The van der Waals surface area contributed by atoms with Crippen LogP contribution in [-0.2, 0) is 4.79 Å². The molecule has 0 bridgehead atoms. The summed E-state index contributed by atoms with van der Waals surface area (Å²) in [5, 5.41) is 0. The largest absolute Gasteiger partial charge is 0.328 e. The van der Waals surface area contributed by atoms with Crippen molar-refractivity contribution >= 4 is 23.4 Å². The first-order chi connectivity index (χ1) is 9.06. The molecule has 0 aliphatic carbocycles. The number of nitrogens with two attached hydrogens (primary N) is 1. The summed E-state index contributed by atoms with van der Waals surface area (Å²) in [5.74, 6) is 1.63. The predicted octanol–water partition coefficient (Wildman–Crippen LogP) is 2.82. The fourth-order valence-electron chi connectivity index (χ4n) is 1.85. The first kappa shape index (κ1) is 16.1. The van der Waals surface area contributed by atoms with Crippen LogP contribution in [0.3, 0.4) is 0 Å². The summed E-state index contributed by atoms with van der Waals surface area (Å²) in [6.07, 6.45) is 0.953. The number of amides is 1. The minimum Gasteiger partial charge on any atom is -0.328 e. The van der Waals surface area contributed by atoms with E-state index in [0.717, 1.165) is 23.4 Å². The molecule has 0 radical (unpaired) electrons. The Labute approximate surface area is 120 Å². The second-order valence-electron chi connectivity index (χ2n) is 4.74. The summed E-state index contributed by atoms with van der Waals surface area (Å²) in [6.45, 7) is 6.75. The van der Waals surface area contributed by atoms with Crippen molar-refractivity contribution in [1.29, 1.82) is 0 Å². The first-order valence-electron chi connectivity index (χ1n) is 6.75. The maximum Gasteiger partial charge on any atom is 0.236 e. The Morgan fingerprint density at radius 1 is 1.42 bits per heavy atom. The van der Waals surface area contributed by atoms with Gasteiger partial charge in [-0.3, -0.25) is 4.79 Å². The molecule has 1 atom stereocenters. The average Bonchev–Trinajstić information content (AvgIpc) is 2.37. The molecule has 1 amide bonds. The quantitative estimate of drug-likeness (QED) is 0.781. The van der Waals surface area contributed by atoms with Crippen LogP contribution in [0.5, 0.6) is 0 Å². The molecule has 106 valence electrons. The van der Waals surface area contributed by atoms with Crippen LogP contribution in [0, 0.1) is 6.92 Å². The van der Waals surface area contributed by atoms with Crippen LogP contribution in [0.25, 0.3) is 0 Å². The number of rotatable bonds is 7. The number of hydrogen-bond acceptors (Lipinski definition) is 3. The van der Waals surface area contributed by atoms with E-state index in [-0.39, 0.29) is 11.9 Å². The molecule has 0 heterocycles. The van der Waals surface area contributed by atoms with Crippen molar-refractivity contribution < 1.29 is 4.79 Å². The molecule has 1 aromatic carbocycles. The number of thioether (sulfide) groups is 1. The third-order valence-electron chi connectivity index (χ3n) is 2.97. The van der Waals surface area contributed by atoms with Gasteiger partial charge < -0.3 is 10.6 Å². The molecule has 1 aromatic rings. The highest BCUT2D eigenvalue weighted by molar-refractivity contribution is 7.99. The molecule has 0 saturated carbocycles. The number of aryl methyl sites for hydroxylation is 1. The van der Waals surface area contributed by atoms with E-state index in [1.807, 2.05) is 49.9 Å². The maximum atomic E-state index is 12.2. The first-order valence-corrected chi connectivity index (χ1v) is 7.91. The van der Waals surface area contributed by atoms with Gasteiger partial charge in [0.2, 0.25) is 5.91 Å². The zero-order chi connectivity index (χ0) is 14.3. The normalized spacial score (nSPS) is 12.2. The van der Waals surface area contributed by atoms with Gasteiger partial charge in [0.05, 0.1) is 5.75 Å². The zero-order valence-corrected chi connectivity index (χ0v) is 12.9. The van der Waals surface area contributed by atoms with E-state index in [0.29, 0.717) is 12.3 Å². The highest BCUT2D eigenvalue weighted by atomic mass is 32.2. The summed E-state index contributed by atoms with van der Waals surface area (Å²) >= 11 is 1.66. The molecule has 1 unspecified atom stereocenters. The van der Waals surface area contributed by atoms with Crippen molar-refractivity contribution in [2.75, 3.05) is 23.0 Å². The van der Waals surface area contributed by atoms with E-state index < -0.39 is 0 Å². The van der Waals surface area contributed by atoms with Crippen LogP contribution >= 0.6 is 11.8 Å². The van der Waals surface area contributed by atoms with Gasteiger partial charge in [-0.05, 0) is 44.6 Å². The minimum absolute atomic E-state index is 0.173. The second kappa shape index (κ2) is 8.23. The topological polar surface area (TPSA) is 46.3 Å². The zero-order valence-electron chi connectivity index (χ0n) is 12.1. The van der Waals surface area contributed by atoms with Crippen LogP contribution < -0.4 is 10.6 Å². The lowest BCUT2D eigenvalue weighted by Gasteiger charge is -2.22. The van der Waals surface area contributed by atoms with Gasteiger partial charge >= 0.3 is 0 Å². The fourth-order valence-corrected chi connectivity index (χ4v) is 2.87. The van der Waals surface area contributed by atoms with Gasteiger partial charge in [0.25, 0.3) is 0 Å².